The second kappa shape index (κ2) is 8.60. The molecule has 0 atom stereocenters. The van der Waals surface area contributed by atoms with Crippen molar-refractivity contribution >= 4 is 6.08 Å². The fourth-order valence-electron chi connectivity index (χ4n) is 2.74. The lowest BCUT2D eigenvalue weighted by atomic mass is 9.98. The summed E-state index contributed by atoms with van der Waals surface area (Å²) in [6.45, 7) is 0.317. The molecule has 0 fully saturated rings. The third-order valence-electron chi connectivity index (χ3n) is 4.17. The highest BCUT2D eigenvalue weighted by atomic mass is 19.4. The number of hydrogen-bond acceptors (Lipinski definition) is 3. The molecular formula is C22H16F3NO3. The quantitative estimate of drug-likeness (QED) is 0.366. The van der Waals surface area contributed by atoms with Gasteiger partial charge in [0.2, 0.25) is 6.20 Å². The number of hydrogen-bond donors (Lipinski definition) is 0. The van der Waals surface area contributed by atoms with Gasteiger partial charge in [-0.2, -0.15) is 13.2 Å². The molecule has 3 aromatic carbocycles. The highest BCUT2D eigenvalue weighted by molar-refractivity contribution is 5.76. The van der Waals surface area contributed by atoms with E-state index in [2.05, 4.69) is 0 Å². The lowest BCUT2D eigenvalue weighted by Gasteiger charge is -2.12. The van der Waals surface area contributed by atoms with Gasteiger partial charge in [-0.05, 0) is 46.5 Å². The molecule has 3 rings (SSSR count). The van der Waals surface area contributed by atoms with Crippen LogP contribution in [0.4, 0.5) is 13.2 Å². The van der Waals surface area contributed by atoms with Crippen molar-refractivity contribution in [2.45, 2.75) is 12.8 Å². The van der Waals surface area contributed by atoms with Gasteiger partial charge in [-0.3, -0.25) is 10.1 Å². The van der Waals surface area contributed by atoms with E-state index >= 15 is 0 Å². The van der Waals surface area contributed by atoms with Crippen LogP contribution in [0.15, 0.2) is 79.0 Å². The molecule has 0 aromatic heterocycles. The average molecular weight is 399 g/mol. The summed E-state index contributed by atoms with van der Waals surface area (Å²) in [6, 6.07) is 19.1. The van der Waals surface area contributed by atoms with Crippen LogP contribution in [0.3, 0.4) is 0 Å². The molecule has 0 aliphatic carbocycles. The molecule has 148 valence electrons. The van der Waals surface area contributed by atoms with Crippen molar-refractivity contribution in [1.29, 1.82) is 0 Å². The van der Waals surface area contributed by atoms with Crippen LogP contribution >= 0.6 is 0 Å². The summed E-state index contributed by atoms with van der Waals surface area (Å²) in [5.41, 5.74) is 1.71. The second-order valence-corrected chi connectivity index (χ2v) is 6.20. The van der Waals surface area contributed by atoms with Crippen molar-refractivity contribution in [2.24, 2.45) is 0 Å². The second-order valence-electron chi connectivity index (χ2n) is 6.20. The van der Waals surface area contributed by atoms with E-state index in [9.17, 15) is 23.3 Å². The Morgan fingerprint density at radius 1 is 0.966 bits per heavy atom. The maximum absolute atomic E-state index is 12.8. The number of ether oxygens (including phenoxy) is 1. The minimum atomic E-state index is -4.44. The van der Waals surface area contributed by atoms with Crippen molar-refractivity contribution in [2.75, 3.05) is 0 Å². The molecule has 0 saturated carbocycles. The van der Waals surface area contributed by atoms with Crippen LogP contribution in [0.2, 0.25) is 0 Å². The third-order valence-corrected chi connectivity index (χ3v) is 4.17. The highest BCUT2D eigenvalue weighted by Crippen LogP contribution is 2.33. The van der Waals surface area contributed by atoms with Gasteiger partial charge < -0.3 is 4.74 Å². The van der Waals surface area contributed by atoms with E-state index in [-0.39, 0.29) is 0 Å². The van der Waals surface area contributed by atoms with Crippen molar-refractivity contribution in [3.8, 4) is 16.9 Å². The van der Waals surface area contributed by atoms with Crippen LogP contribution in [0.25, 0.3) is 17.2 Å². The number of alkyl halides is 3. The van der Waals surface area contributed by atoms with Crippen LogP contribution in [0.1, 0.15) is 16.7 Å². The van der Waals surface area contributed by atoms with Gasteiger partial charge in [0.25, 0.3) is 0 Å². The monoisotopic (exact) mass is 399 g/mol. The zero-order valence-corrected chi connectivity index (χ0v) is 15.1. The Morgan fingerprint density at radius 3 is 2.28 bits per heavy atom. The van der Waals surface area contributed by atoms with Crippen molar-refractivity contribution in [1.82, 2.24) is 0 Å². The number of nitro groups is 1. The lowest BCUT2D eigenvalue weighted by Crippen LogP contribution is -2.04. The SMILES string of the molecule is O=[N+]([O-])/C=C/c1ccc(OCc2ccccc2)cc1-c1ccc(C(F)(F)F)cc1. The first kappa shape index (κ1) is 20.1. The minimum Gasteiger partial charge on any atom is -0.489 e. The number of benzene rings is 3. The highest BCUT2D eigenvalue weighted by Gasteiger charge is 2.30. The molecule has 7 heteroatoms. The van der Waals surface area contributed by atoms with Crippen LogP contribution in [-0.4, -0.2) is 4.92 Å². The van der Waals surface area contributed by atoms with Crippen LogP contribution in [0, 0.1) is 10.1 Å². The molecule has 0 unspecified atom stereocenters. The van der Waals surface area contributed by atoms with Crippen LogP contribution in [0.5, 0.6) is 5.75 Å². The summed E-state index contributed by atoms with van der Waals surface area (Å²) < 4.78 is 44.3. The summed E-state index contributed by atoms with van der Waals surface area (Å²) in [6.07, 6.45) is -2.35. The first-order valence-corrected chi connectivity index (χ1v) is 8.63. The summed E-state index contributed by atoms with van der Waals surface area (Å²) in [5.74, 6) is 0.502. The maximum Gasteiger partial charge on any atom is 0.416 e. The molecule has 4 nitrogen and oxygen atoms in total. The zero-order valence-electron chi connectivity index (χ0n) is 15.1. The summed E-state index contributed by atoms with van der Waals surface area (Å²) in [4.78, 5) is 10.1. The Kier molecular flexibility index (Phi) is 5.97. The van der Waals surface area contributed by atoms with E-state index in [0.29, 0.717) is 29.0 Å². The number of halogens is 3. The largest absolute Gasteiger partial charge is 0.489 e. The minimum absolute atomic E-state index is 0.317. The maximum atomic E-state index is 12.8. The van der Waals surface area contributed by atoms with E-state index in [0.717, 1.165) is 23.9 Å². The van der Waals surface area contributed by atoms with E-state index in [1.165, 1.54) is 18.2 Å². The van der Waals surface area contributed by atoms with Gasteiger partial charge in [0.05, 0.1) is 10.5 Å². The van der Waals surface area contributed by atoms with E-state index in [1.54, 1.807) is 18.2 Å². The topological polar surface area (TPSA) is 52.4 Å². The predicted octanol–water partition coefficient (Wildman–Crippen LogP) is 6.20. The number of nitrogens with zero attached hydrogens (tertiary/aromatic N) is 1. The fourth-order valence-corrected chi connectivity index (χ4v) is 2.74. The fraction of sp³-hybridized carbons (Fsp3) is 0.0909. The smallest absolute Gasteiger partial charge is 0.416 e. The molecule has 29 heavy (non-hydrogen) atoms. The van der Waals surface area contributed by atoms with Crippen molar-refractivity contribution in [3.05, 3.63) is 106 Å². The standard InChI is InChI=1S/C22H16F3NO3/c23-22(24,25)19-9-6-17(7-10-19)21-14-20(11-8-18(21)12-13-26(27)28)29-15-16-4-2-1-3-5-16/h1-14H,15H2/b13-12+. The average Bonchev–Trinajstić information content (AvgIpc) is 2.71. The molecule has 0 aliphatic rings. The first-order valence-electron chi connectivity index (χ1n) is 8.63. The van der Waals surface area contributed by atoms with Gasteiger partial charge in [0, 0.05) is 6.08 Å². The summed E-state index contributed by atoms with van der Waals surface area (Å²) >= 11 is 0. The Hall–Kier alpha value is -3.61. The number of rotatable bonds is 6. The third kappa shape index (κ3) is 5.44. The van der Waals surface area contributed by atoms with Gasteiger partial charge in [0.1, 0.15) is 12.4 Å². The Bertz CT molecular complexity index is 1010. The van der Waals surface area contributed by atoms with E-state index in [1.807, 2.05) is 30.3 Å². The predicted molar refractivity (Wildman–Crippen MR) is 104 cm³/mol. The summed E-state index contributed by atoms with van der Waals surface area (Å²) in [5, 5.41) is 10.7. The van der Waals surface area contributed by atoms with Gasteiger partial charge in [0.15, 0.2) is 0 Å². The molecule has 0 aliphatic heterocycles. The normalized spacial score (nSPS) is 11.6. The Morgan fingerprint density at radius 2 is 1.66 bits per heavy atom. The Balaban J connectivity index is 1.93. The van der Waals surface area contributed by atoms with Gasteiger partial charge >= 0.3 is 6.18 Å². The van der Waals surface area contributed by atoms with Gasteiger partial charge in [-0.15, -0.1) is 0 Å². The van der Waals surface area contributed by atoms with Crippen molar-refractivity contribution in [3.63, 3.8) is 0 Å². The van der Waals surface area contributed by atoms with Gasteiger partial charge in [-0.25, -0.2) is 0 Å². The van der Waals surface area contributed by atoms with Crippen LogP contribution < -0.4 is 4.74 Å². The molecule has 0 radical (unpaired) electrons. The van der Waals surface area contributed by atoms with E-state index in [4.69, 9.17) is 4.74 Å². The van der Waals surface area contributed by atoms with Gasteiger partial charge in [-0.1, -0.05) is 48.5 Å². The molecule has 3 aromatic rings. The first-order chi connectivity index (χ1) is 13.8. The van der Waals surface area contributed by atoms with Crippen molar-refractivity contribution < 1.29 is 22.8 Å². The lowest BCUT2D eigenvalue weighted by molar-refractivity contribution is -0.400. The molecule has 0 spiro atoms. The molecule has 0 N–H and O–H groups in total. The molecular weight excluding hydrogens is 383 g/mol. The molecule has 0 amide bonds. The molecule has 0 bridgehead atoms. The van der Waals surface area contributed by atoms with Crippen LogP contribution in [-0.2, 0) is 12.8 Å². The Labute approximate surface area is 165 Å². The zero-order chi connectivity index (χ0) is 20.9. The van der Waals surface area contributed by atoms with E-state index < -0.39 is 16.7 Å². The summed E-state index contributed by atoms with van der Waals surface area (Å²) in [7, 11) is 0. The molecule has 0 heterocycles. The molecule has 0 saturated heterocycles.